The minimum Gasteiger partial charge on any atom is -0.467 e. The average molecular weight is 736 g/mol. The first-order valence-electron chi connectivity index (χ1n) is 18.2. The molecule has 6 rings (SSSR count). The van der Waals surface area contributed by atoms with E-state index in [0.717, 1.165) is 53.5 Å². The summed E-state index contributed by atoms with van der Waals surface area (Å²) >= 11 is 0. The number of nitrogens with two attached hydrogens (primary N) is 1. The first-order chi connectivity index (χ1) is 26.1. The van der Waals surface area contributed by atoms with E-state index in [4.69, 9.17) is 10.5 Å². The molecule has 4 amide bonds. The van der Waals surface area contributed by atoms with Gasteiger partial charge in [0.2, 0.25) is 23.5 Å². The molecule has 2 unspecified atom stereocenters. The smallest absolute Gasteiger partial charge is 0.328 e. The number of nitrogens with one attached hydrogen (secondary N) is 5. The molecule has 0 spiro atoms. The van der Waals surface area contributed by atoms with E-state index in [-0.39, 0.29) is 24.2 Å². The van der Waals surface area contributed by atoms with Crippen LogP contribution < -0.4 is 27.0 Å². The van der Waals surface area contributed by atoms with Crippen LogP contribution in [0.4, 0.5) is 5.69 Å². The minimum atomic E-state index is -0.829. The van der Waals surface area contributed by atoms with Crippen LogP contribution in [0.1, 0.15) is 60.0 Å². The lowest BCUT2D eigenvalue weighted by molar-refractivity contribution is -0.146. The summed E-state index contributed by atoms with van der Waals surface area (Å²) in [5, 5.41) is 25.3. The molecule has 1 aromatic heterocycles. The van der Waals surface area contributed by atoms with Crippen molar-refractivity contribution in [3.05, 3.63) is 83.4 Å². The molecule has 4 aromatic rings. The minimum absolute atomic E-state index is 0.135. The molecule has 2 heterocycles. The highest BCUT2D eigenvalue weighted by molar-refractivity contribution is 5.99. The van der Waals surface area contributed by atoms with Crippen molar-refractivity contribution in [1.82, 2.24) is 36.6 Å². The number of tetrazole rings is 1. The summed E-state index contributed by atoms with van der Waals surface area (Å²) in [7, 11) is 1.26. The Kier molecular flexibility index (Phi) is 12.1. The summed E-state index contributed by atoms with van der Waals surface area (Å²) < 4.78 is 4.71. The monoisotopic (exact) mass is 735 g/mol. The second-order valence-corrected chi connectivity index (χ2v) is 13.9. The highest BCUT2D eigenvalue weighted by Gasteiger charge is 2.33. The highest BCUT2D eigenvalue weighted by atomic mass is 16.5. The molecule has 2 fully saturated rings. The van der Waals surface area contributed by atoms with Gasteiger partial charge >= 0.3 is 5.97 Å². The van der Waals surface area contributed by atoms with E-state index in [2.05, 4.69) is 41.9 Å². The Morgan fingerprint density at radius 1 is 0.926 bits per heavy atom. The number of carbonyl (C=O) groups excluding carboxylic acids is 5. The Labute approximate surface area is 312 Å². The molecule has 3 atom stereocenters. The highest BCUT2D eigenvalue weighted by Crippen LogP contribution is 2.29. The molecule has 3 aromatic carbocycles. The van der Waals surface area contributed by atoms with Crippen LogP contribution in [0.25, 0.3) is 22.5 Å². The normalized spacial score (nSPS) is 20.2. The number of aromatic nitrogens is 4. The fourth-order valence-electron chi connectivity index (χ4n) is 7.07. The number of benzene rings is 3. The van der Waals surface area contributed by atoms with Crippen molar-refractivity contribution in [1.29, 1.82) is 0 Å². The topological polar surface area (TPSA) is 223 Å². The molecule has 1 aliphatic carbocycles. The van der Waals surface area contributed by atoms with Gasteiger partial charge in [-0.05, 0) is 122 Å². The van der Waals surface area contributed by atoms with Gasteiger partial charge in [0, 0.05) is 29.2 Å². The fraction of sp³-hybridized carbons (Fsp3) is 0.385. The number of ether oxygens (including phenoxy) is 1. The van der Waals surface area contributed by atoms with Crippen LogP contribution in [0.3, 0.4) is 0 Å². The molecule has 54 heavy (non-hydrogen) atoms. The number of esters is 1. The molecular formula is C39H45N9O6. The quantitative estimate of drug-likeness (QED) is 0.117. The van der Waals surface area contributed by atoms with Crippen LogP contribution in [0.5, 0.6) is 0 Å². The third kappa shape index (κ3) is 9.15. The Morgan fingerprint density at radius 2 is 1.65 bits per heavy atom. The zero-order valence-corrected chi connectivity index (χ0v) is 30.3. The van der Waals surface area contributed by atoms with Crippen LogP contribution >= 0.6 is 0 Å². The van der Waals surface area contributed by atoms with Crippen molar-refractivity contribution < 1.29 is 28.7 Å². The maximum atomic E-state index is 13.7. The van der Waals surface area contributed by atoms with Crippen molar-refractivity contribution in [2.45, 2.75) is 70.0 Å². The Hall–Kier alpha value is -5.96. The number of aryl methyl sites for hydroxylation is 1. The van der Waals surface area contributed by atoms with Crippen LogP contribution in [0.2, 0.25) is 0 Å². The predicted molar refractivity (Wildman–Crippen MR) is 199 cm³/mol. The van der Waals surface area contributed by atoms with Crippen molar-refractivity contribution in [2.24, 2.45) is 17.6 Å². The van der Waals surface area contributed by atoms with Crippen LogP contribution in [-0.2, 0) is 30.3 Å². The molecular weight excluding hydrogens is 690 g/mol. The molecule has 15 nitrogen and oxygen atoms in total. The standard InChI is InChI=1S/C39H45N9O6/c1-22-19-28(36(50)42-31-17-18-32(39(53)54-2)43-37(31)51)13-16-30(22)25-7-3-23(4-8-25)20-33(44-35(49)27-9-5-24(21-40)6-10-27)38(52)41-29-14-11-26(12-15-29)34-45-47-48-46-34/h3-4,7-8,11-16,19,24,27,31-33H,5-6,9-10,17-18,20-21,40H2,1-2H3,(H,41,52)(H,42,50)(H,43,51)(H,44,49)(H,45,46,47,48)/t24?,27?,31?,32?,33-/m0/s1. The van der Waals surface area contributed by atoms with Gasteiger partial charge in [0.15, 0.2) is 0 Å². The van der Waals surface area contributed by atoms with E-state index >= 15 is 0 Å². The maximum absolute atomic E-state index is 13.7. The van der Waals surface area contributed by atoms with E-state index in [1.165, 1.54) is 7.11 Å². The second-order valence-electron chi connectivity index (χ2n) is 13.9. The fourth-order valence-corrected chi connectivity index (χ4v) is 7.07. The summed E-state index contributed by atoms with van der Waals surface area (Å²) in [6, 6.07) is 17.8. The second kappa shape index (κ2) is 17.2. The summed E-state index contributed by atoms with van der Waals surface area (Å²) in [5.41, 5.74) is 11.1. The molecule has 0 radical (unpaired) electrons. The number of methoxy groups -OCH3 is 1. The predicted octanol–water partition coefficient (Wildman–Crippen LogP) is 2.82. The van der Waals surface area contributed by atoms with Gasteiger partial charge in [-0.15, -0.1) is 10.2 Å². The number of amides is 4. The average Bonchev–Trinajstić information content (AvgIpc) is 3.74. The van der Waals surface area contributed by atoms with Crippen molar-refractivity contribution in [3.63, 3.8) is 0 Å². The Morgan fingerprint density at radius 3 is 2.28 bits per heavy atom. The number of anilines is 1. The molecule has 1 aliphatic heterocycles. The summed E-state index contributed by atoms with van der Waals surface area (Å²) in [6.45, 7) is 2.52. The van der Waals surface area contributed by atoms with E-state index in [9.17, 15) is 24.0 Å². The Balaban J connectivity index is 1.11. The van der Waals surface area contributed by atoms with Gasteiger partial charge in [-0.3, -0.25) is 19.2 Å². The van der Waals surface area contributed by atoms with E-state index in [1.54, 1.807) is 36.4 Å². The van der Waals surface area contributed by atoms with E-state index in [0.29, 0.717) is 42.4 Å². The lowest BCUT2D eigenvalue weighted by atomic mass is 9.81. The van der Waals surface area contributed by atoms with Gasteiger partial charge in [-0.1, -0.05) is 30.3 Å². The van der Waals surface area contributed by atoms with E-state index in [1.807, 2.05) is 37.3 Å². The van der Waals surface area contributed by atoms with E-state index < -0.39 is 35.9 Å². The van der Waals surface area contributed by atoms with Gasteiger partial charge in [0.1, 0.15) is 18.1 Å². The molecule has 1 saturated carbocycles. The largest absolute Gasteiger partial charge is 0.467 e. The van der Waals surface area contributed by atoms with Crippen molar-refractivity contribution in [2.75, 3.05) is 19.0 Å². The van der Waals surface area contributed by atoms with Gasteiger partial charge in [-0.25, -0.2) is 4.79 Å². The number of carbonyl (C=O) groups is 5. The number of rotatable bonds is 12. The number of hydrogen-bond acceptors (Lipinski definition) is 10. The summed E-state index contributed by atoms with van der Waals surface area (Å²) in [6.07, 6.45) is 4.20. The lowest BCUT2D eigenvalue weighted by Crippen LogP contribution is -2.56. The molecule has 1 saturated heterocycles. The number of H-pyrrole nitrogens is 1. The van der Waals surface area contributed by atoms with Crippen molar-refractivity contribution in [3.8, 4) is 22.5 Å². The zero-order valence-electron chi connectivity index (χ0n) is 30.3. The summed E-state index contributed by atoms with van der Waals surface area (Å²) in [5.74, 6) is -1.12. The third-order valence-electron chi connectivity index (χ3n) is 10.3. The lowest BCUT2D eigenvalue weighted by Gasteiger charge is -2.28. The first-order valence-corrected chi connectivity index (χ1v) is 18.2. The number of hydrogen-bond donors (Lipinski definition) is 6. The molecule has 7 N–H and O–H groups in total. The van der Waals surface area contributed by atoms with Gasteiger partial charge in [-0.2, -0.15) is 5.21 Å². The van der Waals surface area contributed by atoms with Crippen LogP contribution in [-0.4, -0.2) is 82.0 Å². The maximum Gasteiger partial charge on any atom is 0.328 e. The van der Waals surface area contributed by atoms with Gasteiger partial charge < -0.3 is 31.7 Å². The first kappa shape index (κ1) is 37.8. The molecule has 0 bridgehead atoms. The summed E-state index contributed by atoms with van der Waals surface area (Å²) in [4.78, 5) is 64.5. The number of nitrogens with zero attached hydrogens (tertiary/aromatic N) is 3. The number of aromatic amines is 1. The van der Waals surface area contributed by atoms with Crippen LogP contribution in [0.15, 0.2) is 66.7 Å². The zero-order chi connectivity index (χ0) is 38.2. The van der Waals surface area contributed by atoms with Crippen LogP contribution in [0, 0.1) is 18.8 Å². The Bertz CT molecular complexity index is 1960. The number of piperidine rings is 1. The van der Waals surface area contributed by atoms with Gasteiger partial charge in [0.05, 0.1) is 7.11 Å². The SMILES string of the molecule is COC(=O)C1CCC(NC(=O)c2ccc(-c3ccc(C[C@H](NC(=O)C4CCC(CN)CC4)C(=O)Nc4ccc(-c5nn[nH]n5)cc4)cc3)c(C)c2)C(=O)N1. The van der Waals surface area contributed by atoms with Crippen molar-refractivity contribution >= 4 is 35.3 Å². The molecule has 2 aliphatic rings. The third-order valence-corrected chi connectivity index (χ3v) is 10.3. The van der Waals surface area contributed by atoms with Gasteiger partial charge in [0.25, 0.3) is 5.91 Å². The molecule has 282 valence electrons. The molecule has 15 heteroatoms.